The molecule has 1 unspecified atom stereocenters. The predicted octanol–water partition coefficient (Wildman–Crippen LogP) is 2.13. The van der Waals surface area contributed by atoms with Gasteiger partial charge in [0.1, 0.15) is 0 Å². The van der Waals surface area contributed by atoms with Crippen LogP contribution in [-0.2, 0) is 9.59 Å². The van der Waals surface area contributed by atoms with Crippen LogP contribution >= 0.6 is 11.8 Å². The lowest BCUT2D eigenvalue weighted by Gasteiger charge is -2.22. The summed E-state index contributed by atoms with van der Waals surface area (Å²) in [5.41, 5.74) is 0. The van der Waals surface area contributed by atoms with Gasteiger partial charge in [0, 0.05) is 10.8 Å². The first kappa shape index (κ1) is 16.3. The maximum Gasteiger partial charge on any atom is 0.305 e. The van der Waals surface area contributed by atoms with Gasteiger partial charge in [0.05, 0.1) is 12.2 Å². The molecule has 0 saturated heterocycles. The second-order valence-electron chi connectivity index (χ2n) is 5.42. The fraction of sp³-hybridized carbons (Fsp3) is 0.833. The molecule has 100 valence electrons. The summed E-state index contributed by atoms with van der Waals surface area (Å²) < 4.78 is 0.0392. The van der Waals surface area contributed by atoms with Crippen molar-refractivity contribution in [3.8, 4) is 0 Å². The number of thioether (sulfide) groups is 1. The summed E-state index contributed by atoms with van der Waals surface area (Å²) in [4.78, 5) is 22.3. The number of aliphatic carboxylic acids is 1. The van der Waals surface area contributed by atoms with Crippen molar-refractivity contribution in [3.05, 3.63) is 0 Å². The van der Waals surface area contributed by atoms with Crippen molar-refractivity contribution in [2.24, 2.45) is 5.92 Å². The van der Waals surface area contributed by atoms with Gasteiger partial charge in [-0.2, -0.15) is 0 Å². The van der Waals surface area contributed by atoms with Crippen molar-refractivity contribution in [2.45, 2.75) is 51.8 Å². The van der Waals surface area contributed by atoms with E-state index in [-0.39, 0.29) is 29.0 Å². The molecule has 0 aromatic carbocycles. The number of nitrogens with one attached hydrogen (secondary N) is 1. The molecule has 4 nitrogen and oxygen atoms in total. The minimum Gasteiger partial charge on any atom is -0.481 e. The minimum absolute atomic E-state index is 0.0242. The first-order chi connectivity index (χ1) is 7.61. The van der Waals surface area contributed by atoms with Gasteiger partial charge in [-0.15, -0.1) is 11.8 Å². The minimum atomic E-state index is -0.882. The highest BCUT2D eigenvalue weighted by atomic mass is 32.2. The van der Waals surface area contributed by atoms with E-state index < -0.39 is 5.97 Å². The van der Waals surface area contributed by atoms with Crippen molar-refractivity contribution < 1.29 is 14.7 Å². The largest absolute Gasteiger partial charge is 0.481 e. The number of rotatable bonds is 6. The van der Waals surface area contributed by atoms with Crippen LogP contribution in [0.5, 0.6) is 0 Å². The predicted molar refractivity (Wildman–Crippen MR) is 71.2 cm³/mol. The van der Waals surface area contributed by atoms with E-state index in [1.807, 2.05) is 34.6 Å². The summed E-state index contributed by atoms with van der Waals surface area (Å²) >= 11 is 1.55. The van der Waals surface area contributed by atoms with E-state index in [0.717, 1.165) is 0 Å². The van der Waals surface area contributed by atoms with E-state index in [1.165, 1.54) is 0 Å². The van der Waals surface area contributed by atoms with Crippen molar-refractivity contribution in [2.75, 3.05) is 5.75 Å². The highest BCUT2D eigenvalue weighted by Crippen LogP contribution is 2.22. The molecular weight excluding hydrogens is 238 g/mol. The molecule has 2 N–H and O–H groups in total. The number of carboxylic acid groups (broad SMARTS) is 1. The van der Waals surface area contributed by atoms with E-state index in [0.29, 0.717) is 5.75 Å². The third-order valence-electron chi connectivity index (χ3n) is 2.18. The molecule has 0 heterocycles. The summed E-state index contributed by atoms with van der Waals surface area (Å²) in [5.74, 6) is -0.487. The molecule has 0 rings (SSSR count). The van der Waals surface area contributed by atoms with Gasteiger partial charge < -0.3 is 10.4 Å². The molecule has 0 spiro atoms. The molecular formula is C12H23NO3S. The van der Waals surface area contributed by atoms with Crippen molar-refractivity contribution in [1.82, 2.24) is 5.32 Å². The first-order valence-electron chi connectivity index (χ1n) is 5.77. The topological polar surface area (TPSA) is 66.4 Å². The zero-order valence-electron chi connectivity index (χ0n) is 11.2. The zero-order valence-corrected chi connectivity index (χ0v) is 12.1. The Labute approximate surface area is 108 Å². The third kappa shape index (κ3) is 9.03. The van der Waals surface area contributed by atoms with Crippen LogP contribution < -0.4 is 5.32 Å². The molecule has 0 aliphatic heterocycles. The van der Waals surface area contributed by atoms with E-state index >= 15 is 0 Å². The third-order valence-corrected chi connectivity index (χ3v) is 3.45. The molecule has 0 aliphatic carbocycles. The Bertz CT molecular complexity index is 271. The molecule has 0 radical (unpaired) electrons. The van der Waals surface area contributed by atoms with Gasteiger partial charge in [-0.3, -0.25) is 9.59 Å². The van der Waals surface area contributed by atoms with Crippen LogP contribution in [-0.4, -0.2) is 33.5 Å². The van der Waals surface area contributed by atoms with Crippen LogP contribution in [0.25, 0.3) is 0 Å². The van der Waals surface area contributed by atoms with E-state index in [9.17, 15) is 9.59 Å². The first-order valence-corrected chi connectivity index (χ1v) is 6.75. The van der Waals surface area contributed by atoms with Gasteiger partial charge in [0.2, 0.25) is 5.91 Å². The second kappa shape index (κ2) is 6.89. The maximum atomic E-state index is 11.7. The molecule has 1 amide bonds. The average molecular weight is 261 g/mol. The average Bonchev–Trinajstić information content (AvgIpc) is 2.11. The monoisotopic (exact) mass is 261 g/mol. The lowest BCUT2D eigenvalue weighted by Crippen LogP contribution is -2.41. The molecule has 0 aromatic heterocycles. The van der Waals surface area contributed by atoms with E-state index in [2.05, 4.69) is 5.32 Å². The SMILES string of the molecule is CC(C)C(CC(=O)O)NC(=O)CSC(C)(C)C. The fourth-order valence-electron chi connectivity index (χ4n) is 1.17. The molecule has 0 fully saturated rings. The molecule has 17 heavy (non-hydrogen) atoms. The normalized spacial score (nSPS) is 13.5. The summed E-state index contributed by atoms with van der Waals surface area (Å²) in [6.45, 7) is 9.95. The van der Waals surface area contributed by atoms with Crippen LogP contribution in [0.1, 0.15) is 41.0 Å². The van der Waals surface area contributed by atoms with Gasteiger partial charge in [0.15, 0.2) is 0 Å². The van der Waals surface area contributed by atoms with Gasteiger partial charge in [-0.1, -0.05) is 34.6 Å². The lowest BCUT2D eigenvalue weighted by atomic mass is 10.0. The van der Waals surface area contributed by atoms with Crippen LogP contribution in [0.15, 0.2) is 0 Å². The number of carbonyl (C=O) groups excluding carboxylic acids is 1. The Morgan fingerprint density at radius 1 is 1.29 bits per heavy atom. The molecule has 0 aromatic rings. The van der Waals surface area contributed by atoms with Crippen LogP contribution in [0.4, 0.5) is 0 Å². The molecule has 5 heteroatoms. The quantitative estimate of drug-likeness (QED) is 0.768. The molecule has 0 aliphatic rings. The van der Waals surface area contributed by atoms with E-state index in [4.69, 9.17) is 5.11 Å². The van der Waals surface area contributed by atoms with Crippen LogP contribution in [0, 0.1) is 5.92 Å². The molecule has 0 bridgehead atoms. The summed E-state index contributed by atoms with van der Waals surface area (Å²) in [5, 5.41) is 11.5. The number of hydrogen-bond donors (Lipinski definition) is 2. The number of carbonyl (C=O) groups is 2. The van der Waals surface area contributed by atoms with Crippen molar-refractivity contribution in [1.29, 1.82) is 0 Å². The second-order valence-corrected chi connectivity index (χ2v) is 7.22. The molecule has 1 atom stereocenters. The van der Waals surface area contributed by atoms with Gasteiger partial charge in [-0.05, 0) is 5.92 Å². The highest BCUT2D eigenvalue weighted by molar-refractivity contribution is 8.01. The summed E-state index contributed by atoms with van der Waals surface area (Å²) in [6, 6.07) is -0.291. The lowest BCUT2D eigenvalue weighted by molar-refractivity contribution is -0.138. The van der Waals surface area contributed by atoms with Gasteiger partial charge in [-0.25, -0.2) is 0 Å². The Hall–Kier alpha value is -0.710. The highest BCUT2D eigenvalue weighted by Gasteiger charge is 2.20. The Balaban J connectivity index is 4.18. The van der Waals surface area contributed by atoms with E-state index in [1.54, 1.807) is 11.8 Å². The smallest absolute Gasteiger partial charge is 0.305 e. The number of hydrogen-bond acceptors (Lipinski definition) is 3. The van der Waals surface area contributed by atoms with Crippen LogP contribution in [0.2, 0.25) is 0 Å². The van der Waals surface area contributed by atoms with Crippen molar-refractivity contribution in [3.63, 3.8) is 0 Å². The summed E-state index contributed by atoms with van der Waals surface area (Å²) in [6.07, 6.45) is -0.0242. The fourth-order valence-corrected chi connectivity index (χ4v) is 1.82. The van der Waals surface area contributed by atoms with Crippen molar-refractivity contribution >= 4 is 23.6 Å². The zero-order chi connectivity index (χ0) is 13.6. The summed E-state index contributed by atoms with van der Waals surface area (Å²) in [7, 11) is 0. The van der Waals surface area contributed by atoms with Gasteiger partial charge >= 0.3 is 5.97 Å². The standard InChI is InChI=1S/C12H23NO3S/c1-8(2)9(6-11(15)16)13-10(14)7-17-12(3,4)5/h8-9H,6-7H2,1-5H3,(H,13,14)(H,15,16). The van der Waals surface area contributed by atoms with Crippen LogP contribution in [0.3, 0.4) is 0 Å². The maximum absolute atomic E-state index is 11.7. The van der Waals surface area contributed by atoms with Gasteiger partial charge in [0.25, 0.3) is 0 Å². The molecule has 0 saturated carbocycles. The Morgan fingerprint density at radius 3 is 2.18 bits per heavy atom. The number of carboxylic acids is 1. The Morgan fingerprint density at radius 2 is 1.82 bits per heavy atom. The number of amides is 1. The Kier molecular flexibility index (Phi) is 6.60.